The maximum atomic E-state index is 12.6. The van der Waals surface area contributed by atoms with E-state index in [9.17, 15) is 13.2 Å². The van der Waals surface area contributed by atoms with E-state index in [0.717, 1.165) is 9.99 Å². The van der Waals surface area contributed by atoms with Gasteiger partial charge >= 0.3 is 0 Å². The molecule has 1 fully saturated rings. The van der Waals surface area contributed by atoms with E-state index >= 15 is 0 Å². The zero-order valence-electron chi connectivity index (χ0n) is 15.3. The highest BCUT2D eigenvalue weighted by molar-refractivity contribution is 7.89. The summed E-state index contributed by atoms with van der Waals surface area (Å²) in [5.41, 5.74) is 1.09. The second-order valence-corrected chi connectivity index (χ2v) is 8.08. The predicted molar refractivity (Wildman–Crippen MR) is 104 cm³/mol. The summed E-state index contributed by atoms with van der Waals surface area (Å²) in [5.74, 6) is -0.285. The first-order chi connectivity index (χ1) is 11.9. The number of hydrogen-bond acceptors (Lipinski definition) is 6. The van der Waals surface area contributed by atoms with Gasteiger partial charge in [0.25, 0.3) is 5.91 Å². The molecule has 10 heteroatoms. The minimum Gasteiger partial charge on any atom is -0.378 e. The van der Waals surface area contributed by atoms with Gasteiger partial charge in [0.1, 0.15) is 0 Å². The Morgan fingerprint density at radius 2 is 1.88 bits per heavy atom. The van der Waals surface area contributed by atoms with Gasteiger partial charge in [0, 0.05) is 46.0 Å². The number of ether oxygens (including phenoxy) is 1. The molecular weight excluding hydrogens is 380 g/mol. The highest BCUT2D eigenvalue weighted by Gasteiger charge is 2.24. The number of likely N-dealkylation sites (N-methyl/N-ethyl adjacent to an activating group) is 1. The van der Waals surface area contributed by atoms with E-state index in [-0.39, 0.29) is 23.2 Å². The standard InChI is InChI=1S/C16H26N4O4S.ClH/c1-17-6-7-18-16(21)14-12-13(25(22,23)19(2)3)4-5-15(14)20-8-10-24-11-9-20;/h4-5,12,17H,6-11H2,1-3H3,(H,18,21);1H. The van der Waals surface area contributed by atoms with Gasteiger partial charge in [-0.25, -0.2) is 12.7 Å². The molecule has 0 saturated carbocycles. The molecule has 1 heterocycles. The van der Waals surface area contributed by atoms with Crippen LogP contribution >= 0.6 is 12.4 Å². The topological polar surface area (TPSA) is 91.0 Å². The van der Waals surface area contributed by atoms with Gasteiger partial charge in [-0.2, -0.15) is 0 Å². The molecular formula is C16H27ClN4O4S. The number of nitrogens with zero attached hydrogens (tertiary/aromatic N) is 2. The molecule has 1 aromatic carbocycles. The van der Waals surface area contributed by atoms with Crippen molar-refractivity contribution in [2.45, 2.75) is 4.90 Å². The van der Waals surface area contributed by atoms with Gasteiger partial charge in [0.2, 0.25) is 10.0 Å². The maximum absolute atomic E-state index is 12.6. The molecule has 1 amide bonds. The van der Waals surface area contributed by atoms with Gasteiger partial charge in [-0.1, -0.05) is 0 Å². The summed E-state index contributed by atoms with van der Waals surface area (Å²) in [7, 11) is 1.13. The highest BCUT2D eigenvalue weighted by Crippen LogP contribution is 2.26. The molecule has 1 aliphatic rings. The third-order valence-corrected chi connectivity index (χ3v) is 5.81. The number of amides is 1. The van der Waals surface area contributed by atoms with Crippen molar-refractivity contribution in [3.05, 3.63) is 23.8 Å². The molecule has 0 radical (unpaired) electrons. The molecule has 0 unspecified atom stereocenters. The first-order valence-electron chi connectivity index (χ1n) is 8.20. The molecule has 1 saturated heterocycles. The van der Waals surface area contributed by atoms with E-state index in [1.54, 1.807) is 19.2 Å². The van der Waals surface area contributed by atoms with Crippen LogP contribution in [0.15, 0.2) is 23.1 Å². The molecule has 0 spiro atoms. The molecule has 26 heavy (non-hydrogen) atoms. The Balaban J connectivity index is 0.00000338. The molecule has 0 aliphatic carbocycles. The first-order valence-corrected chi connectivity index (χ1v) is 9.64. The quantitative estimate of drug-likeness (QED) is 0.626. The van der Waals surface area contributed by atoms with Crippen LogP contribution < -0.4 is 15.5 Å². The highest BCUT2D eigenvalue weighted by atomic mass is 35.5. The van der Waals surface area contributed by atoms with Crippen molar-refractivity contribution in [1.82, 2.24) is 14.9 Å². The number of carbonyl (C=O) groups is 1. The minimum atomic E-state index is -3.61. The Morgan fingerprint density at radius 3 is 2.46 bits per heavy atom. The van der Waals surface area contributed by atoms with Crippen molar-refractivity contribution in [3.8, 4) is 0 Å². The third kappa shape index (κ3) is 5.31. The number of sulfonamides is 1. The Labute approximate surface area is 161 Å². The average molecular weight is 407 g/mol. The van der Waals surface area contributed by atoms with Crippen molar-refractivity contribution in [3.63, 3.8) is 0 Å². The Kier molecular flexibility index (Phi) is 8.78. The predicted octanol–water partition coefficient (Wildman–Crippen LogP) is 0.145. The van der Waals surface area contributed by atoms with E-state index in [2.05, 4.69) is 10.6 Å². The zero-order valence-corrected chi connectivity index (χ0v) is 17.0. The van der Waals surface area contributed by atoms with Crippen molar-refractivity contribution in [2.75, 3.05) is 65.4 Å². The van der Waals surface area contributed by atoms with Crippen LogP contribution in [0, 0.1) is 0 Å². The van der Waals surface area contributed by atoms with E-state index in [1.165, 1.54) is 20.2 Å². The SMILES string of the molecule is CNCCNC(=O)c1cc(S(=O)(=O)N(C)C)ccc1N1CCOCC1.Cl. The largest absolute Gasteiger partial charge is 0.378 e. The van der Waals surface area contributed by atoms with Gasteiger partial charge in [0.15, 0.2) is 0 Å². The van der Waals surface area contributed by atoms with Gasteiger partial charge in [-0.05, 0) is 25.2 Å². The number of rotatable bonds is 7. The fourth-order valence-electron chi connectivity index (χ4n) is 2.54. The van der Waals surface area contributed by atoms with Crippen molar-refractivity contribution < 1.29 is 17.9 Å². The lowest BCUT2D eigenvalue weighted by atomic mass is 10.1. The van der Waals surface area contributed by atoms with Crippen LogP contribution in [0.1, 0.15) is 10.4 Å². The van der Waals surface area contributed by atoms with Crippen LogP contribution in [0.4, 0.5) is 5.69 Å². The smallest absolute Gasteiger partial charge is 0.253 e. The van der Waals surface area contributed by atoms with E-state index in [1.807, 2.05) is 4.90 Å². The van der Waals surface area contributed by atoms with Gasteiger partial charge in [-0.3, -0.25) is 4.79 Å². The fourth-order valence-corrected chi connectivity index (χ4v) is 3.47. The summed E-state index contributed by atoms with van der Waals surface area (Å²) in [6.45, 7) is 3.58. The number of nitrogens with one attached hydrogen (secondary N) is 2. The number of halogens is 1. The van der Waals surface area contributed by atoms with Crippen LogP contribution in [0.25, 0.3) is 0 Å². The summed E-state index contributed by atoms with van der Waals surface area (Å²) >= 11 is 0. The minimum absolute atomic E-state index is 0. The second kappa shape index (κ2) is 10.1. The number of benzene rings is 1. The lowest BCUT2D eigenvalue weighted by molar-refractivity contribution is 0.0952. The molecule has 148 valence electrons. The van der Waals surface area contributed by atoms with Gasteiger partial charge < -0.3 is 20.3 Å². The van der Waals surface area contributed by atoms with Crippen molar-refractivity contribution in [1.29, 1.82) is 0 Å². The normalized spacial score (nSPS) is 14.8. The molecule has 1 aliphatic heterocycles. The van der Waals surface area contributed by atoms with Crippen molar-refractivity contribution in [2.24, 2.45) is 0 Å². The maximum Gasteiger partial charge on any atom is 0.253 e. The van der Waals surface area contributed by atoms with Crippen LogP contribution in [0.3, 0.4) is 0 Å². The number of morpholine rings is 1. The van der Waals surface area contributed by atoms with Gasteiger partial charge in [0.05, 0.1) is 23.7 Å². The summed E-state index contributed by atoms with van der Waals surface area (Å²) < 4.78 is 31.3. The summed E-state index contributed by atoms with van der Waals surface area (Å²) in [6, 6.07) is 4.70. The average Bonchev–Trinajstić information content (AvgIpc) is 2.62. The van der Waals surface area contributed by atoms with Gasteiger partial charge in [-0.15, -0.1) is 12.4 Å². The molecule has 8 nitrogen and oxygen atoms in total. The second-order valence-electron chi connectivity index (χ2n) is 5.93. The lowest BCUT2D eigenvalue weighted by Crippen LogP contribution is -2.38. The van der Waals surface area contributed by atoms with E-state index in [0.29, 0.717) is 45.0 Å². The van der Waals surface area contributed by atoms with Crippen LogP contribution in [0.2, 0.25) is 0 Å². The molecule has 0 bridgehead atoms. The van der Waals surface area contributed by atoms with E-state index < -0.39 is 10.0 Å². The molecule has 2 N–H and O–H groups in total. The lowest BCUT2D eigenvalue weighted by Gasteiger charge is -2.30. The Morgan fingerprint density at radius 1 is 1.23 bits per heavy atom. The van der Waals surface area contributed by atoms with Crippen LogP contribution in [-0.4, -0.2) is 79.2 Å². The number of hydrogen-bond donors (Lipinski definition) is 2. The molecule has 1 aromatic rings. The summed E-state index contributed by atoms with van der Waals surface area (Å²) in [6.07, 6.45) is 0. The number of anilines is 1. The third-order valence-electron chi connectivity index (χ3n) is 4.00. The monoisotopic (exact) mass is 406 g/mol. The molecule has 0 aromatic heterocycles. The van der Waals surface area contributed by atoms with Crippen LogP contribution in [-0.2, 0) is 14.8 Å². The fraction of sp³-hybridized carbons (Fsp3) is 0.562. The Bertz CT molecular complexity index is 706. The molecule has 2 rings (SSSR count). The van der Waals surface area contributed by atoms with Crippen molar-refractivity contribution >= 4 is 34.0 Å². The summed E-state index contributed by atoms with van der Waals surface area (Å²) in [4.78, 5) is 14.8. The first kappa shape index (κ1) is 22.7. The Hall–Kier alpha value is -1.39. The van der Waals surface area contributed by atoms with Crippen LogP contribution in [0.5, 0.6) is 0 Å². The summed E-state index contributed by atoms with van der Waals surface area (Å²) in [5, 5.41) is 5.78. The zero-order chi connectivity index (χ0) is 18.4. The van der Waals surface area contributed by atoms with E-state index in [4.69, 9.17) is 4.74 Å². The number of carbonyl (C=O) groups excluding carboxylic acids is 1. The molecule has 0 atom stereocenters.